The van der Waals surface area contributed by atoms with E-state index in [2.05, 4.69) is 12.3 Å². The molecular formula is C7H14N2O. The van der Waals surface area contributed by atoms with Crippen molar-refractivity contribution >= 4 is 5.91 Å². The molecule has 3 heteroatoms. The molecule has 0 aromatic carbocycles. The Hall–Kier alpha value is -0.570. The standard InChI is InChI=1S/C7H14N2O/c1-2-3-5-4-6(5)7(10)9-8/h5-6H,2-4,8H2,1H3,(H,9,10). The van der Waals surface area contributed by atoms with Crippen LogP contribution in [0.2, 0.25) is 0 Å². The normalized spacial score (nSPS) is 29.8. The molecule has 0 bridgehead atoms. The molecule has 0 aromatic rings. The minimum absolute atomic E-state index is 0.0125. The predicted octanol–water partition coefficient (Wildman–Crippen LogP) is 0.413. The summed E-state index contributed by atoms with van der Waals surface area (Å²) in [4.78, 5) is 10.8. The summed E-state index contributed by atoms with van der Waals surface area (Å²) in [5.41, 5.74) is 2.18. The largest absolute Gasteiger partial charge is 0.294 e. The van der Waals surface area contributed by atoms with Crippen LogP contribution in [0.3, 0.4) is 0 Å². The van der Waals surface area contributed by atoms with E-state index in [1.54, 1.807) is 0 Å². The van der Waals surface area contributed by atoms with E-state index < -0.39 is 0 Å². The number of carbonyl (C=O) groups is 1. The first kappa shape index (κ1) is 7.54. The Bertz CT molecular complexity index is 136. The lowest BCUT2D eigenvalue weighted by Crippen LogP contribution is -2.31. The van der Waals surface area contributed by atoms with Gasteiger partial charge in [0.1, 0.15) is 0 Å². The fraction of sp³-hybridized carbons (Fsp3) is 0.857. The number of nitrogens with one attached hydrogen (secondary N) is 1. The third-order valence-corrected chi connectivity index (χ3v) is 2.06. The zero-order chi connectivity index (χ0) is 7.56. The molecule has 2 unspecified atom stereocenters. The first-order valence-corrected chi connectivity index (χ1v) is 3.80. The quantitative estimate of drug-likeness (QED) is 0.341. The molecule has 1 aliphatic rings. The highest BCUT2D eigenvalue weighted by molar-refractivity contribution is 5.80. The van der Waals surface area contributed by atoms with Gasteiger partial charge in [-0.05, 0) is 18.8 Å². The zero-order valence-corrected chi connectivity index (χ0v) is 6.26. The molecule has 0 aromatic heterocycles. The summed E-state index contributed by atoms with van der Waals surface area (Å²) in [6, 6.07) is 0. The number of amides is 1. The SMILES string of the molecule is CCCC1CC1C(=O)NN. The summed E-state index contributed by atoms with van der Waals surface area (Å²) in [5.74, 6) is 5.83. The highest BCUT2D eigenvalue weighted by Gasteiger charge is 2.41. The van der Waals surface area contributed by atoms with E-state index >= 15 is 0 Å². The van der Waals surface area contributed by atoms with Gasteiger partial charge in [0.25, 0.3) is 0 Å². The van der Waals surface area contributed by atoms with Gasteiger partial charge in [0.15, 0.2) is 0 Å². The second kappa shape index (κ2) is 3.01. The molecule has 1 rings (SSSR count). The second-order valence-corrected chi connectivity index (χ2v) is 2.90. The van der Waals surface area contributed by atoms with Crippen LogP contribution in [0.25, 0.3) is 0 Å². The van der Waals surface area contributed by atoms with Gasteiger partial charge in [0.05, 0.1) is 0 Å². The highest BCUT2D eigenvalue weighted by Crippen LogP contribution is 2.41. The van der Waals surface area contributed by atoms with Crippen molar-refractivity contribution in [1.82, 2.24) is 5.43 Å². The lowest BCUT2D eigenvalue weighted by Gasteiger charge is -1.95. The Morgan fingerprint density at radius 3 is 3.00 bits per heavy atom. The summed E-state index contributed by atoms with van der Waals surface area (Å²) in [5, 5.41) is 0. The molecule has 0 heterocycles. The Morgan fingerprint density at radius 2 is 2.50 bits per heavy atom. The van der Waals surface area contributed by atoms with Gasteiger partial charge in [0, 0.05) is 5.92 Å². The van der Waals surface area contributed by atoms with Crippen LogP contribution < -0.4 is 11.3 Å². The molecule has 0 spiro atoms. The van der Waals surface area contributed by atoms with Gasteiger partial charge in [-0.2, -0.15) is 0 Å². The van der Waals surface area contributed by atoms with E-state index in [4.69, 9.17) is 5.84 Å². The Balaban J connectivity index is 2.18. The Kier molecular flexibility index (Phi) is 2.27. The maximum atomic E-state index is 10.8. The van der Waals surface area contributed by atoms with Gasteiger partial charge in [0.2, 0.25) is 5.91 Å². The zero-order valence-electron chi connectivity index (χ0n) is 6.26. The van der Waals surface area contributed by atoms with E-state index in [1.807, 2.05) is 0 Å². The molecule has 1 aliphatic carbocycles. The minimum atomic E-state index is 0.0125. The fourth-order valence-corrected chi connectivity index (χ4v) is 1.37. The molecule has 2 atom stereocenters. The molecule has 10 heavy (non-hydrogen) atoms. The number of carbonyl (C=O) groups excluding carboxylic acids is 1. The van der Waals surface area contributed by atoms with Crippen LogP contribution in [0.4, 0.5) is 0 Å². The van der Waals surface area contributed by atoms with E-state index in [0.29, 0.717) is 5.92 Å². The summed E-state index contributed by atoms with van der Waals surface area (Å²) in [6.45, 7) is 2.13. The van der Waals surface area contributed by atoms with Gasteiger partial charge in [-0.3, -0.25) is 10.2 Å². The van der Waals surface area contributed by atoms with Gasteiger partial charge in [-0.1, -0.05) is 13.3 Å². The van der Waals surface area contributed by atoms with Gasteiger partial charge >= 0.3 is 0 Å². The molecule has 1 fully saturated rings. The number of hydrogen-bond donors (Lipinski definition) is 2. The lowest BCUT2D eigenvalue weighted by atomic mass is 10.2. The number of nitrogens with two attached hydrogens (primary N) is 1. The Labute approximate surface area is 60.9 Å². The van der Waals surface area contributed by atoms with Crippen LogP contribution >= 0.6 is 0 Å². The number of hydrazine groups is 1. The van der Waals surface area contributed by atoms with Crippen LogP contribution in [-0.2, 0) is 4.79 Å². The lowest BCUT2D eigenvalue weighted by molar-refractivity contribution is -0.122. The van der Waals surface area contributed by atoms with Crippen molar-refractivity contribution < 1.29 is 4.79 Å². The summed E-state index contributed by atoms with van der Waals surface area (Å²) >= 11 is 0. The summed E-state index contributed by atoms with van der Waals surface area (Å²) in [6.07, 6.45) is 3.37. The molecular weight excluding hydrogens is 128 g/mol. The van der Waals surface area contributed by atoms with Gasteiger partial charge in [-0.25, -0.2) is 5.84 Å². The molecule has 3 nitrogen and oxygen atoms in total. The summed E-state index contributed by atoms with van der Waals surface area (Å²) < 4.78 is 0. The van der Waals surface area contributed by atoms with Crippen molar-refractivity contribution in [2.45, 2.75) is 26.2 Å². The van der Waals surface area contributed by atoms with Crippen LogP contribution in [0.15, 0.2) is 0 Å². The van der Waals surface area contributed by atoms with Crippen LogP contribution in [0.5, 0.6) is 0 Å². The van der Waals surface area contributed by atoms with Crippen molar-refractivity contribution in [2.24, 2.45) is 17.7 Å². The van der Waals surface area contributed by atoms with E-state index in [0.717, 1.165) is 12.8 Å². The van der Waals surface area contributed by atoms with Crippen molar-refractivity contribution in [3.8, 4) is 0 Å². The van der Waals surface area contributed by atoms with Crippen LogP contribution in [0.1, 0.15) is 26.2 Å². The highest BCUT2D eigenvalue weighted by atomic mass is 16.2. The van der Waals surface area contributed by atoms with E-state index in [9.17, 15) is 4.79 Å². The first-order valence-electron chi connectivity index (χ1n) is 3.80. The second-order valence-electron chi connectivity index (χ2n) is 2.90. The molecule has 3 N–H and O–H groups in total. The van der Waals surface area contributed by atoms with Crippen molar-refractivity contribution in [3.05, 3.63) is 0 Å². The number of hydrogen-bond acceptors (Lipinski definition) is 2. The maximum Gasteiger partial charge on any atom is 0.237 e. The summed E-state index contributed by atoms with van der Waals surface area (Å²) in [7, 11) is 0. The van der Waals surface area contributed by atoms with E-state index in [1.165, 1.54) is 6.42 Å². The molecule has 0 saturated heterocycles. The number of rotatable bonds is 3. The average molecular weight is 142 g/mol. The minimum Gasteiger partial charge on any atom is -0.294 e. The van der Waals surface area contributed by atoms with Gasteiger partial charge < -0.3 is 0 Å². The average Bonchev–Trinajstić information content (AvgIpc) is 2.67. The topological polar surface area (TPSA) is 55.1 Å². The van der Waals surface area contributed by atoms with E-state index in [-0.39, 0.29) is 11.8 Å². The predicted molar refractivity (Wildman–Crippen MR) is 38.8 cm³/mol. The van der Waals surface area contributed by atoms with Crippen LogP contribution in [-0.4, -0.2) is 5.91 Å². The Morgan fingerprint density at radius 1 is 1.80 bits per heavy atom. The maximum absolute atomic E-state index is 10.8. The first-order chi connectivity index (χ1) is 4.79. The van der Waals surface area contributed by atoms with Crippen LogP contribution in [0, 0.1) is 11.8 Å². The van der Waals surface area contributed by atoms with Gasteiger partial charge in [-0.15, -0.1) is 0 Å². The molecule has 0 aliphatic heterocycles. The third-order valence-electron chi connectivity index (χ3n) is 2.06. The molecule has 1 saturated carbocycles. The smallest absolute Gasteiger partial charge is 0.237 e. The third kappa shape index (κ3) is 1.48. The molecule has 1 amide bonds. The van der Waals surface area contributed by atoms with Crippen molar-refractivity contribution in [1.29, 1.82) is 0 Å². The monoisotopic (exact) mass is 142 g/mol. The van der Waals surface area contributed by atoms with Crippen molar-refractivity contribution in [2.75, 3.05) is 0 Å². The fourth-order valence-electron chi connectivity index (χ4n) is 1.37. The van der Waals surface area contributed by atoms with Crippen molar-refractivity contribution in [3.63, 3.8) is 0 Å². The molecule has 58 valence electrons. The molecule has 0 radical (unpaired) electrons.